The zero-order valence-corrected chi connectivity index (χ0v) is 17.2. The smallest absolute Gasteiger partial charge is 0.296 e. The van der Waals surface area contributed by atoms with E-state index in [9.17, 15) is 9.59 Å². The van der Waals surface area contributed by atoms with Crippen molar-refractivity contribution in [2.24, 2.45) is 0 Å². The third kappa shape index (κ3) is 3.61. The third-order valence-corrected chi connectivity index (χ3v) is 5.85. The van der Waals surface area contributed by atoms with Gasteiger partial charge in [-0.25, -0.2) is 0 Å². The maximum absolute atomic E-state index is 12.7. The van der Waals surface area contributed by atoms with E-state index in [1.165, 1.54) is 4.52 Å². The summed E-state index contributed by atoms with van der Waals surface area (Å²) < 4.78 is 7.68. The SMILES string of the molecule is COc1ccc(Cc2nn3c(=O)c(=Cc4ccccc4Br)sc3nc2=O)cc1. The number of halogens is 1. The van der Waals surface area contributed by atoms with E-state index in [4.69, 9.17) is 4.74 Å². The van der Waals surface area contributed by atoms with Crippen molar-refractivity contribution in [3.05, 3.63) is 95.1 Å². The van der Waals surface area contributed by atoms with Crippen molar-refractivity contribution in [2.75, 3.05) is 7.11 Å². The van der Waals surface area contributed by atoms with Crippen LogP contribution < -0.4 is 20.4 Å². The van der Waals surface area contributed by atoms with Gasteiger partial charge >= 0.3 is 0 Å². The number of benzene rings is 2. The molecule has 0 radical (unpaired) electrons. The largest absolute Gasteiger partial charge is 0.497 e. The molecule has 0 amide bonds. The lowest BCUT2D eigenvalue weighted by molar-refractivity contribution is 0.414. The minimum absolute atomic E-state index is 0.227. The van der Waals surface area contributed by atoms with Crippen LogP contribution in [0.25, 0.3) is 11.0 Å². The average molecular weight is 456 g/mol. The van der Waals surface area contributed by atoms with E-state index < -0.39 is 5.56 Å². The Bertz CT molecular complexity index is 1330. The predicted molar refractivity (Wildman–Crippen MR) is 112 cm³/mol. The normalized spacial score (nSPS) is 11.9. The maximum atomic E-state index is 12.7. The Labute approximate surface area is 171 Å². The number of hydrogen-bond donors (Lipinski definition) is 0. The first-order valence-electron chi connectivity index (χ1n) is 8.37. The third-order valence-electron chi connectivity index (χ3n) is 4.17. The topological polar surface area (TPSA) is 73.6 Å². The molecule has 2 heterocycles. The Morgan fingerprint density at radius 1 is 1.14 bits per heavy atom. The molecule has 0 saturated heterocycles. The number of methoxy groups -OCH3 is 1. The zero-order chi connectivity index (χ0) is 19.7. The van der Waals surface area contributed by atoms with E-state index in [1.807, 2.05) is 48.5 Å². The maximum Gasteiger partial charge on any atom is 0.296 e. The predicted octanol–water partition coefficient (Wildman–Crippen LogP) is 2.42. The molecule has 4 aromatic rings. The van der Waals surface area contributed by atoms with E-state index in [0.29, 0.717) is 4.53 Å². The fraction of sp³-hybridized carbons (Fsp3) is 0.100. The summed E-state index contributed by atoms with van der Waals surface area (Å²) in [5.41, 5.74) is 1.26. The first-order valence-corrected chi connectivity index (χ1v) is 9.98. The minimum atomic E-state index is -0.426. The molecular weight excluding hydrogens is 442 g/mol. The molecule has 0 aliphatic rings. The summed E-state index contributed by atoms with van der Waals surface area (Å²) in [6.07, 6.45) is 2.05. The second-order valence-electron chi connectivity index (χ2n) is 6.02. The fourth-order valence-electron chi connectivity index (χ4n) is 2.72. The van der Waals surface area contributed by atoms with Crippen molar-refractivity contribution < 1.29 is 4.74 Å². The van der Waals surface area contributed by atoms with Crippen molar-refractivity contribution in [1.29, 1.82) is 0 Å². The first-order chi connectivity index (χ1) is 13.5. The molecule has 0 bridgehead atoms. The molecule has 2 aromatic carbocycles. The van der Waals surface area contributed by atoms with Crippen LogP contribution in [0.4, 0.5) is 0 Å². The highest BCUT2D eigenvalue weighted by Crippen LogP contribution is 2.16. The fourth-order valence-corrected chi connectivity index (χ4v) is 4.02. The van der Waals surface area contributed by atoms with Gasteiger partial charge in [-0.1, -0.05) is 57.6 Å². The summed E-state index contributed by atoms with van der Waals surface area (Å²) >= 11 is 4.61. The Hall–Kier alpha value is -2.84. The van der Waals surface area contributed by atoms with E-state index in [1.54, 1.807) is 13.2 Å². The zero-order valence-electron chi connectivity index (χ0n) is 14.8. The molecule has 0 aliphatic carbocycles. The highest BCUT2D eigenvalue weighted by molar-refractivity contribution is 9.10. The molecular formula is C20H14BrN3O3S. The van der Waals surface area contributed by atoms with Crippen LogP contribution in [-0.4, -0.2) is 21.7 Å². The number of fused-ring (bicyclic) bond motifs is 1. The lowest BCUT2D eigenvalue weighted by Crippen LogP contribution is -2.28. The quantitative estimate of drug-likeness (QED) is 0.472. The van der Waals surface area contributed by atoms with Crippen molar-refractivity contribution in [3.8, 4) is 5.75 Å². The standard InChI is InChI=1S/C20H14BrN3O3S/c1-27-14-8-6-12(7-9-14)10-16-18(25)22-20-24(23-16)19(26)17(28-20)11-13-4-2-3-5-15(13)21/h2-9,11H,10H2,1H3. The van der Waals surface area contributed by atoms with Crippen molar-refractivity contribution >= 4 is 38.3 Å². The van der Waals surface area contributed by atoms with E-state index in [-0.39, 0.29) is 22.6 Å². The molecule has 4 rings (SSSR count). The summed E-state index contributed by atoms with van der Waals surface area (Å²) in [5, 5.41) is 4.27. The van der Waals surface area contributed by atoms with Crippen LogP contribution in [-0.2, 0) is 6.42 Å². The molecule has 140 valence electrons. The Kier molecular flexibility index (Phi) is 5.06. The number of hydrogen-bond acceptors (Lipinski definition) is 6. The Morgan fingerprint density at radius 3 is 2.61 bits per heavy atom. The molecule has 0 saturated carbocycles. The van der Waals surface area contributed by atoms with Crippen LogP contribution >= 0.6 is 27.3 Å². The van der Waals surface area contributed by atoms with Gasteiger partial charge in [-0.3, -0.25) is 9.59 Å². The van der Waals surface area contributed by atoms with Gasteiger partial charge in [0, 0.05) is 10.9 Å². The Balaban J connectivity index is 1.78. The van der Waals surface area contributed by atoms with Crippen LogP contribution in [0.2, 0.25) is 0 Å². The second-order valence-corrected chi connectivity index (χ2v) is 7.88. The molecule has 6 nitrogen and oxygen atoms in total. The number of ether oxygens (including phenoxy) is 1. The molecule has 8 heteroatoms. The number of rotatable bonds is 4. The van der Waals surface area contributed by atoms with Crippen LogP contribution in [0.5, 0.6) is 5.75 Å². The van der Waals surface area contributed by atoms with Gasteiger partial charge in [-0.2, -0.15) is 14.6 Å². The molecule has 0 atom stereocenters. The Morgan fingerprint density at radius 2 is 1.89 bits per heavy atom. The highest BCUT2D eigenvalue weighted by atomic mass is 79.9. The summed E-state index contributed by atoms with van der Waals surface area (Å²) in [5.74, 6) is 0.730. The van der Waals surface area contributed by atoms with Gasteiger partial charge < -0.3 is 4.74 Å². The minimum Gasteiger partial charge on any atom is -0.497 e. The van der Waals surface area contributed by atoms with Crippen molar-refractivity contribution in [2.45, 2.75) is 6.42 Å². The van der Waals surface area contributed by atoms with Gasteiger partial charge in [-0.05, 0) is 35.4 Å². The lowest BCUT2D eigenvalue weighted by atomic mass is 10.1. The molecule has 28 heavy (non-hydrogen) atoms. The first kappa shape index (κ1) is 18.5. The van der Waals surface area contributed by atoms with Crippen LogP contribution in [0.3, 0.4) is 0 Å². The van der Waals surface area contributed by atoms with Gasteiger partial charge in [0.05, 0.1) is 11.6 Å². The van der Waals surface area contributed by atoms with E-state index >= 15 is 0 Å². The molecule has 0 N–H and O–H groups in total. The van der Waals surface area contributed by atoms with Crippen LogP contribution in [0.15, 0.2) is 62.6 Å². The summed E-state index contributed by atoms with van der Waals surface area (Å²) in [7, 11) is 1.59. The summed E-state index contributed by atoms with van der Waals surface area (Å²) in [6, 6.07) is 14.9. The van der Waals surface area contributed by atoms with E-state index in [2.05, 4.69) is 26.0 Å². The summed E-state index contributed by atoms with van der Waals surface area (Å²) in [6.45, 7) is 0. The van der Waals surface area contributed by atoms with Crippen LogP contribution in [0.1, 0.15) is 16.8 Å². The van der Waals surface area contributed by atoms with Crippen molar-refractivity contribution in [1.82, 2.24) is 14.6 Å². The van der Waals surface area contributed by atoms with Gasteiger partial charge in [0.25, 0.3) is 11.1 Å². The summed E-state index contributed by atoms with van der Waals surface area (Å²) in [4.78, 5) is 29.5. The lowest BCUT2D eigenvalue weighted by Gasteiger charge is -2.02. The van der Waals surface area contributed by atoms with Gasteiger partial charge in [0.2, 0.25) is 4.96 Å². The second kappa shape index (κ2) is 7.65. The average Bonchev–Trinajstić information content (AvgIpc) is 2.99. The number of aromatic nitrogens is 3. The molecule has 0 fully saturated rings. The van der Waals surface area contributed by atoms with Gasteiger partial charge in [-0.15, -0.1) is 0 Å². The van der Waals surface area contributed by atoms with E-state index in [0.717, 1.165) is 32.7 Å². The number of thiazole rings is 1. The molecule has 0 unspecified atom stereocenters. The van der Waals surface area contributed by atoms with Gasteiger partial charge in [0.1, 0.15) is 11.4 Å². The highest BCUT2D eigenvalue weighted by Gasteiger charge is 2.12. The van der Waals surface area contributed by atoms with Gasteiger partial charge in [0.15, 0.2) is 0 Å². The molecule has 2 aromatic heterocycles. The monoisotopic (exact) mass is 455 g/mol. The van der Waals surface area contributed by atoms with Crippen molar-refractivity contribution in [3.63, 3.8) is 0 Å². The molecule has 0 spiro atoms. The molecule has 0 aliphatic heterocycles. The van der Waals surface area contributed by atoms with Crippen LogP contribution in [0, 0.1) is 0 Å². The number of nitrogens with zero attached hydrogens (tertiary/aromatic N) is 3.